The number of aliphatic imine (C=N–C) groups is 1. The van der Waals surface area contributed by atoms with Crippen LogP contribution in [0.4, 0.5) is 11.4 Å². The first kappa shape index (κ1) is 45.0. The lowest BCUT2D eigenvalue weighted by Crippen LogP contribution is -2.49. The van der Waals surface area contributed by atoms with E-state index < -0.39 is 20.4 Å². The van der Waals surface area contributed by atoms with E-state index in [0.29, 0.717) is 81.0 Å². The maximum absolute atomic E-state index is 13.6. The summed E-state index contributed by atoms with van der Waals surface area (Å²) in [5.74, 6) is -0.400. The SMILES string of the molecule is CC(C)(C)[Si](C)(C)OCCN1C(=O)C(Cc2ccccc2Cl)NC(=O)c2cc(Cl)ccc21.O=C1C(Cc2ccccc2Cl)N=C(Cl)c2cc(Cl)ccc2N1CCCl. The van der Waals surface area contributed by atoms with Gasteiger partial charge in [-0.1, -0.05) is 115 Å². The number of amides is 3. The first-order valence-corrected chi connectivity index (χ1v) is 23.7. The van der Waals surface area contributed by atoms with Crippen LogP contribution in [0.3, 0.4) is 0 Å². The highest BCUT2D eigenvalue weighted by molar-refractivity contribution is 6.74. The summed E-state index contributed by atoms with van der Waals surface area (Å²) in [6.07, 6.45) is 0.654. The van der Waals surface area contributed by atoms with E-state index in [1.54, 1.807) is 58.3 Å². The number of nitrogens with zero attached hydrogens (tertiary/aromatic N) is 3. The molecule has 1 N–H and O–H groups in total. The van der Waals surface area contributed by atoms with E-state index in [0.717, 1.165) is 11.1 Å². The topological polar surface area (TPSA) is 91.3 Å². The van der Waals surface area contributed by atoms with E-state index in [-0.39, 0.29) is 27.9 Å². The second kappa shape index (κ2) is 19.3. The van der Waals surface area contributed by atoms with Gasteiger partial charge in [0.25, 0.3) is 11.8 Å². The van der Waals surface area contributed by atoms with E-state index >= 15 is 0 Å². The maximum atomic E-state index is 13.6. The van der Waals surface area contributed by atoms with Crippen LogP contribution in [-0.4, -0.2) is 68.9 Å². The number of nitrogens with one attached hydrogen (secondary N) is 1. The van der Waals surface area contributed by atoms with Crippen molar-refractivity contribution in [2.24, 2.45) is 4.99 Å². The third-order valence-electron chi connectivity index (χ3n) is 10.3. The summed E-state index contributed by atoms with van der Waals surface area (Å²) in [4.78, 5) is 47.3. The summed E-state index contributed by atoms with van der Waals surface area (Å²) >= 11 is 37.1. The zero-order valence-electron chi connectivity index (χ0n) is 32.2. The summed E-state index contributed by atoms with van der Waals surface area (Å²) in [5.41, 5.74) is 3.83. The van der Waals surface area contributed by atoms with Crippen LogP contribution in [0, 0.1) is 0 Å². The molecular formula is C42H44Cl6N4O4Si. The number of hydrogen-bond donors (Lipinski definition) is 1. The van der Waals surface area contributed by atoms with E-state index in [9.17, 15) is 14.4 Å². The van der Waals surface area contributed by atoms with E-state index in [2.05, 4.69) is 44.2 Å². The van der Waals surface area contributed by atoms with Gasteiger partial charge in [0.15, 0.2) is 8.32 Å². The summed E-state index contributed by atoms with van der Waals surface area (Å²) in [6.45, 7) is 12.0. The van der Waals surface area contributed by atoms with Gasteiger partial charge in [0.05, 0.1) is 23.5 Å². The van der Waals surface area contributed by atoms with Gasteiger partial charge in [0.2, 0.25) is 5.91 Å². The van der Waals surface area contributed by atoms with Crippen LogP contribution in [-0.2, 0) is 26.9 Å². The first-order valence-electron chi connectivity index (χ1n) is 18.3. The van der Waals surface area contributed by atoms with Crippen LogP contribution in [0.5, 0.6) is 0 Å². The molecule has 0 aromatic heterocycles. The molecule has 0 saturated heterocycles. The minimum Gasteiger partial charge on any atom is -0.415 e. The van der Waals surface area contributed by atoms with Crippen molar-refractivity contribution in [3.63, 3.8) is 0 Å². The molecule has 6 rings (SSSR count). The fourth-order valence-electron chi connectivity index (χ4n) is 6.18. The standard InChI is InChI=1S/C24H30Cl2N2O3Si.C18H14Cl4N2O/c1-24(2,3)32(4,5)31-13-12-28-21-11-10-17(25)15-18(21)22(29)27-20(23(28)30)14-16-8-6-7-9-19(16)26;19-7-8-24-16-6-5-12(20)10-13(16)17(22)23-15(18(24)25)9-11-3-1-2-4-14(11)21/h6-11,15,20H,12-14H2,1-5H3,(H,27,29);1-6,10,15H,7-9H2. The summed E-state index contributed by atoms with van der Waals surface area (Å²) in [7, 11) is -1.98. The van der Waals surface area contributed by atoms with Crippen molar-refractivity contribution in [2.45, 2.75) is 63.8 Å². The second-order valence-electron chi connectivity index (χ2n) is 15.2. The smallest absolute Gasteiger partial charge is 0.254 e. The number of benzodiazepines with no additional fused rings is 1. The molecule has 0 saturated carbocycles. The molecule has 8 nitrogen and oxygen atoms in total. The number of carbonyl (C=O) groups is 3. The lowest BCUT2D eigenvalue weighted by Gasteiger charge is -2.37. The van der Waals surface area contributed by atoms with Crippen LogP contribution < -0.4 is 15.1 Å². The molecule has 57 heavy (non-hydrogen) atoms. The number of halogens is 6. The van der Waals surface area contributed by atoms with E-state index in [4.69, 9.17) is 74.0 Å². The van der Waals surface area contributed by atoms with Crippen molar-refractivity contribution in [3.05, 3.63) is 127 Å². The molecule has 2 aliphatic rings. The Hall–Kier alpha value is -3.12. The van der Waals surface area contributed by atoms with E-state index in [1.165, 1.54) is 0 Å². The van der Waals surface area contributed by atoms with Gasteiger partial charge in [0, 0.05) is 57.5 Å². The largest absolute Gasteiger partial charge is 0.415 e. The molecule has 302 valence electrons. The highest BCUT2D eigenvalue weighted by Crippen LogP contribution is 2.37. The highest BCUT2D eigenvalue weighted by Gasteiger charge is 2.39. The molecule has 0 spiro atoms. The maximum Gasteiger partial charge on any atom is 0.254 e. The van der Waals surface area contributed by atoms with Crippen LogP contribution in [0.1, 0.15) is 47.8 Å². The number of anilines is 2. The Labute approximate surface area is 365 Å². The number of hydrogen-bond acceptors (Lipinski definition) is 5. The summed E-state index contributed by atoms with van der Waals surface area (Å²) in [5, 5.41) is 5.30. The minimum absolute atomic E-state index is 0.0609. The molecule has 3 amide bonds. The molecule has 4 aromatic rings. The summed E-state index contributed by atoms with van der Waals surface area (Å²) < 4.78 is 6.32. The molecule has 4 aromatic carbocycles. The molecule has 0 bridgehead atoms. The van der Waals surface area contributed by atoms with Gasteiger partial charge >= 0.3 is 0 Å². The Kier molecular flexibility index (Phi) is 15.2. The van der Waals surface area contributed by atoms with Gasteiger partial charge in [0.1, 0.15) is 17.3 Å². The molecule has 0 aliphatic carbocycles. The van der Waals surface area contributed by atoms with Crippen LogP contribution in [0.15, 0.2) is 89.9 Å². The number of rotatable bonds is 10. The van der Waals surface area contributed by atoms with Crippen molar-refractivity contribution in [3.8, 4) is 0 Å². The average Bonchev–Trinajstić information content (AvgIpc) is 3.31. The molecule has 2 heterocycles. The van der Waals surface area contributed by atoms with Gasteiger partial charge < -0.3 is 19.5 Å². The average molecular weight is 910 g/mol. The van der Waals surface area contributed by atoms with Crippen molar-refractivity contribution in [1.29, 1.82) is 0 Å². The third-order valence-corrected chi connectivity index (χ3v) is 16.5. The second-order valence-corrected chi connectivity index (χ2v) is 22.4. The fourth-order valence-corrected chi connectivity index (χ4v) is 8.42. The molecule has 0 fully saturated rings. The molecule has 2 aliphatic heterocycles. The van der Waals surface area contributed by atoms with Crippen LogP contribution in [0.25, 0.3) is 0 Å². The predicted octanol–water partition coefficient (Wildman–Crippen LogP) is 10.9. The Morgan fingerprint density at radius 3 is 1.81 bits per heavy atom. The fraction of sp³-hybridized carbons (Fsp3) is 0.333. The highest BCUT2D eigenvalue weighted by atomic mass is 35.5. The van der Waals surface area contributed by atoms with Gasteiger partial charge in [-0.15, -0.1) is 11.6 Å². The zero-order valence-corrected chi connectivity index (χ0v) is 37.8. The lowest BCUT2D eigenvalue weighted by molar-refractivity contribution is -0.120. The Morgan fingerprint density at radius 2 is 1.25 bits per heavy atom. The van der Waals surface area contributed by atoms with Crippen molar-refractivity contribution in [1.82, 2.24) is 5.32 Å². The first-order chi connectivity index (χ1) is 26.9. The van der Waals surface area contributed by atoms with Gasteiger partial charge in [-0.2, -0.15) is 0 Å². The molecule has 2 unspecified atom stereocenters. The Morgan fingerprint density at radius 1 is 0.719 bits per heavy atom. The van der Waals surface area contributed by atoms with E-state index in [1.807, 2.05) is 36.4 Å². The molecular weight excluding hydrogens is 865 g/mol. The lowest BCUT2D eigenvalue weighted by atomic mass is 10.0. The molecule has 15 heteroatoms. The monoisotopic (exact) mass is 906 g/mol. The van der Waals surface area contributed by atoms with Gasteiger partial charge in [-0.05, 0) is 77.8 Å². The normalized spacial score (nSPS) is 17.1. The Balaban J connectivity index is 0.000000224. The van der Waals surface area contributed by atoms with Gasteiger partial charge in [-0.3, -0.25) is 19.4 Å². The van der Waals surface area contributed by atoms with Crippen molar-refractivity contribution >= 4 is 112 Å². The number of benzene rings is 4. The number of alkyl halides is 1. The quantitative estimate of drug-likeness (QED) is 0.127. The summed E-state index contributed by atoms with van der Waals surface area (Å²) in [6, 6.07) is 23.5. The van der Waals surface area contributed by atoms with Crippen LogP contribution >= 0.6 is 69.6 Å². The predicted molar refractivity (Wildman–Crippen MR) is 239 cm³/mol. The minimum atomic E-state index is -1.98. The molecule has 2 atom stereocenters. The number of fused-ring (bicyclic) bond motifs is 2. The third kappa shape index (κ3) is 10.9. The number of carbonyl (C=O) groups excluding carboxylic acids is 3. The zero-order chi connectivity index (χ0) is 41.7. The van der Waals surface area contributed by atoms with Crippen molar-refractivity contribution < 1.29 is 18.8 Å². The molecule has 0 radical (unpaired) electrons. The van der Waals surface area contributed by atoms with Gasteiger partial charge in [-0.25, -0.2) is 0 Å². The van der Waals surface area contributed by atoms with Crippen LogP contribution in [0.2, 0.25) is 38.2 Å². The van der Waals surface area contributed by atoms with Crippen molar-refractivity contribution in [2.75, 3.05) is 35.4 Å². The Bertz CT molecular complexity index is 2160.